The Morgan fingerprint density at radius 1 is 1.67 bits per heavy atom. The third-order valence-corrected chi connectivity index (χ3v) is 2.18. The first-order valence-electron chi connectivity index (χ1n) is 2.39. The van der Waals surface area contributed by atoms with Gasteiger partial charge >= 0.3 is 47.5 Å². The van der Waals surface area contributed by atoms with Crippen LogP contribution < -0.4 is 0 Å². The Hall–Kier alpha value is 0.519. The van der Waals surface area contributed by atoms with Crippen molar-refractivity contribution < 1.29 is 0 Å². The van der Waals surface area contributed by atoms with Gasteiger partial charge in [-0.1, -0.05) is 0 Å². The Labute approximate surface area is 48.1 Å². The van der Waals surface area contributed by atoms with Crippen LogP contribution in [0.3, 0.4) is 0 Å². The van der Waals surface area contributed by atoms with Gasteiger partial charge in [-0.05, 0) is 0 Å². The van der Waals surface area contributed by atoms with E-state index in [0.717, 1.165) is 5.92 Å². The number of rotatable bonds is 2. The minimum absolute atomic E-state index is 0.880. The van der Waals surface area contributed by atoms with Crippen molar-refractivity contribution in [2.75, 3.05) is 0 Å². The van der Waals surface area contributed by atoms with Crippen LogP contribution in [-0.2, 0) is 0 Å². The zero-order valence-corrected chi connectivity index (χ0v) is 6.11. The predicted octanol–water partition coefficient (Wildman–Crippen LogP) is 1.62. The molecule has 0 aromatic rings. The SMILES string of the molecule is CC[C@H](C)C[Se]. The molecule has 1 atom stereocenters. The molecule has 0 rings (SSSR count). The second-order valence-corrected chi connectivity index (χ2v) is 2.38. The zero-order chi connectivity index (χ0) is 4.99. The average Bonchev–Trinajstić information content (AvgIpc) is 1.65. The van der Waals surface area contributed by atoms with Gasteiger partial charge in [-0.2, -0.15) is 0 Å². The first-order chi connectivity index (χ1) is 2.81. The van der Waals surface area contributed by atoms with E-state index < -0.39 is 0 Å². The zero-order valence-electron chi connectivity index (χ0n) is 4.40. The predicted molar refractivity (Wildman–Crippen MR) is 30.0 cm³/mol. The first kappa shape index (κ1) is 6.52. The molecule has 0 heterocycles. The van der Waals surface area contributed by atoms with Gasteiger partial charge in [0, 0.05) is 0 Å². The van der Waals surface area contributed by atoms with E-state index in [1.54, 1.807) is 0 Å². The van der Waals surface area contributed by atoms with E-state index in [0.29, 0.717) is 0 Å². The molecule has 37 valence electrons. The molecular formula is C5H11Se. The molecule has 0 N–H and O–H groups in total. The van der Waals surface area contributed by atoms with Gasteiger partial charge in [0.15, 0.2) is 0 Å². The molecular weight excluding hydrogens is 139 g/mol. The van der Waals surface area contributed by atoms with Crippen LogP contribution in [0.15, 0.2) is 0 Å². The summed E-state index contributed by atoms with van der Waals surface area (Å²) in [5.74, 6) is 0.880. The molecule has 0 saturated heterocycles. The summed E-state index contributed by atoms with van der Waals surface area (Å²) in [5.41, 5.74) is 0. The van der Waals surface area contributed by atoms with Crippen LogP contribution in [0.5, 0.6) is 0 Å². The molecule has 0 saturated carbocycles. The molecule has 0 aromatic heterocycles. The fraction of sp³-hybridized carbons (Fsp3) is 1.00. The summed E-state index contributed by atoms with van der Waals surface area (Å²) in [5, 5.41) is 1.20. The molecule has 0 aromatic carbocycles. The van der Waals surface area contributed by atoms with E-state index in [2.05, 4.69) is 29.9 Å². The van der Waals surface area contributed by atoms with Crippen LogP contribution in [0.4, 0.5) is 0 Å². The van der Waals surface area contributed by atoms with Gasteiger partial charge in [0.2, 0.25) is 0 Å². The Morgan fingerprint density at radius 2 is 2.17 bits per heavy atom. The quantitative estimate of drug-likeness (QED) is 0.524. The summed E-state index contributed by atoms with van der Waals surface area (Å²) in [6, 6.07) is 0. The summed E-state index contributed by atoms with van der Waals surface area (Å²) < 4.78 is 0. The van der Waals surface area contributed by atoms with E-state index in [-0.39, 0.29) is 0 Å². The van der Waals surface area contributed by atoms with Crippen molar-refractivity contribution in [2.24, 2.45) is 5.92 Å². The van der Waals surface area contributed by atoms with Gasteiger partial charge in [-0.3, -0.25) is 0 Å². The number of hydrogen-bond acceptors (Lipinski definition) is 0. The topological polar surface area (TPSA) is 0 Å². The van der Waals surface area contributed by atoms with Gasteiger partial charge in [0.1, 0.15) is 0 Å². The van der Waals surface area contributed by atoms with Crippen LogP contribution >= 0.6 is 0 Å². The molecule has 0 bridgehead atoms. The summed E-state index contributed by atoms with van der Waals surface area (Å²) in [6.07, 6.45) is 1.30. The summed E-state index contributed by atoms with van der Waals surface area (Å²) in [4.78, 5) is 0. The van der Waals surface area contributed by atoms with Gasteiger partial charge in [-0.15, -0.1) is 0 Å². The Kier molecular flexibility index (Phi) is 4.02. The molecule has 0 nitrogen and oxygen atoms in total. The molecule has 0 fully saturated rings. The summed E-state index contributed by atoms with van der Waals surface area (Å²) in [6.45, 7) is 4.46. The molecule has 0 unspecified atom stereocenters. The minimum atomic E-state index is 0.880. The van der Waals surface area contributed by atoms with E-state index in [1.807, 2.05) is 0 Å². The maximum absolute atomic E-state index is 2.99. The average molecular weight is 150 g/mol. The maximum atomic E-state index is 2.99. The van der Waals surface area contributed by atoms with Crippen molar-refractivity contribution in [2.45, 2.75) is 25.6 Å². The van der Waals surface area contributed by atoms with E-state index >= 15 is 0 Å². The van der Waals surface area contributed by atoms with Crippen LogP contribution in [0.2, 0.25) is 5.32 Å². The molecule has 0 amide bonds. The van der Waals surface area contributed by atoms with Crippen molar-refractivity contribution in [1.82, 2.24) is 0 Å². The molecule has 1 radical (unpaired) electrons. The fourth-order valence-corrected chi connectivity index (χ4v) is 0.612. The Balaban J connectivity index is 2.75. The van der Waals surface area contributed by atoms with Gasteiger partial charge in [-0.25, -0.2) is 0 Å². The van der Waals surface area contributed by atoms with Crippen molar-refractivity contribution in [1.29, 1.82) is 0 Å². The number of hydrogen-bond donors (Lipinski definition) is 0. The normalized spacial score (nSPS) is 14.5. The Bertz CT molecular complexity index is 23.1. The van der Waals surface area contributed by atoms with E-state index in [1.165, 1.54) is 11.7 Å². The third-order valence-electron chi connectivity index (χ3n) is 0.981. The van der Waals surface area contributed by atoms with Crippen molar-refractivity contribution in [3.05, 3.63) is 0 Å². The molecule has 0 spiro atoms. The van der Waals surface area contributed by atoms with Crippen LogP contribution in [0.25, 0.3) is 0 Å². The third kappa shape index (κ3) is 2.74. The second kappa shape index (κ2) is 3.70. The first-order valence-corrected chi connectivity index (χ1v) is 3.60. The van der Waals surface area contributed by atoms with Crippen molar-refractivity contribution in [3.63, 3.8) is 0 Å². The summed E-state index contributed by atoms with van der Waals surface area (Å²) >= 11 is 2.99. The fourth-order valence-electron chi connectivity index (χ4n) is 0.118. The van der Waals surface area contributed by atoms with E-state index in [9.17, 15) is 0 Å². The van der Waals surface area contributed by atoms with Crippen LogP contribution in [0, 0.1) is 5.92 Å². The summed E-state index contributed by atoms with van der Waals surface area (Å²) in [7, 11) is 0. The standard InChI is InChI=1S/C5H11Se/c1-3-5(2)4-6/h5H,3-4H2,1-2H3/t5-/m0/s1. The molecule has 0 aliphatic carbocycles. The molecule has 0 aliphatic heterocycles. The van der Waals surface area contributed by atoms with Gasteiger partial charge in [0.25, 0.3) is 0 Å². The van der Waals surface area contributed by atoms with Gasteiger partial charge in [0.05, 0.1) is 0 Å². The van der Waals surface area contributed by atoms with Crippen LogP contribution in [0.1, 0.15) is 20.3 Å². The monoisotopic (exact) mass is 151 g/mol. The van der Waals surface area contributed by atoms with Crippen molar-refractivity contribution in [3.8, 4) is 0 Å². The molecule has 6 heavy (non-hydrogen) atoms. The molecule has 1 heteroatoms. The molecule has 0 aliphatic rings. The second-order valence-electron chi connectivity index (χ2n) is 1.68. The van der Waals surface area contributed by atoms with Crippen LogP contribution in [-0.4, -0.2) is 16.0 Å². The Morgan fingerprint density at radius 3 is 2.17 bits per heavy atom. The van der Waals surface area contributed by atoms with Gasteiger partial charge < -0.3 is 0 Å². The van der Waals surface area contributed by atoms with E-state index in [4.69, 9.17) is 0 Å². The van der Waals surface area contributed by atoms with Crippen molar-refractivity contribution >= 4 is 16.0 Å².